The summed E-state index contributed by atoms with van der Waals surface area (Å²) in [6, 6.07) is 6.44. The molecule has 0 bridgehead atoms. The Morgan fingerprint density at radius 2 is 1.88 bits per heavy atom. The lowest BCUT2D eigenvalue weighted by atomic mass is 9.93. The van der Waals surface area contributed by atoms with E-state index in [0.717, 1.165) is 11.0 Å². The van der Waals surface area contributed by atoms with Crippen LogP contribution >= 0.6 is 15.9 Å². The standard InChI is InChI=1S/C13H17BrN2/c14-10-3-4-11-12(9-10)16-13(7-8-15-11)5-1-2-6-13/h3-4,9,15-16H,1-2,5-8H2. The zero-order valence-electron chi connectivity index (χ0n) is 9.35. The molecule has 3 rings (SSSR count). The fraction of sp³-hybridized carbons (Fsp3) is 0.538. The minimum Gasteiger partial charge on any atom is -0.383 e. The third-order valence-corrected chi connectivity index (χ3v) is 4.35. The number of halogens is 1. The van der Waals surface area contributed by atoms with Crippen LogP contribution in [0.5, 0.6) is 0 Å². The summed E-state index contributed by atoms with van der Waals surface area (Å²) >= 11 is 3.55. The number of nitrogens with one attached hydrogen (secondary N) is 2. The predicted octanol–water partition coefficient (Wildman–Crippen LogP) is 3.99. The second kappa shape index (κ2) is 3.95. The fourth-order valence-electron chi connectivity index (χ4n) is 2.99. The van der Waals surface area contributed by atoms with E-state index in [2.05, 4.69) is 44.8 Å². The summed E-state index contributed by atoms with van der Waals surface area (Å²) in [6.45, 7) is 1.08. The molecule has 1 heterocycles. The second-order valence-corrected chi connectivity index (χ2v) is 5.89. The summed E-state index contributed by atoms with van der Waals surface area (Å²) in [6.07, 6.45) is 6.62. The van der Waals surface area contributed by atoms with Crippen molar-refractivity contribution in [2.24, 2.45) is 0 Å². The molecule has 0 aromatic heterocycles. The van der Waals surface area contributed by atoms with Crippen molar-refractivity contribution in [3.8, 4) is 0 Å². The van der Waals surface area contributed by atoms with Crippen LogP contribution in [-0.2, 0) is 0 Å². The van der Waals surface area contributed by atoms with Gasteiger partial charge in [-0.1, -0.05) is 28.8 Å². The Labute approximate surface area is 105 Å². The summed E-state index contributed by atoms with van der Waals surface area (Å²) in [5.74, 6) is 0. The minimum atomic E-state index is 0.360. The zero-order valence-corrected chi connectivity index (χ0v) is 10.9. The van der Waals surface area contributed by atoms with E-state index in [1.165, 1.54) is 43.5 Å². The van der Waals surface area contributed by atoms with Gasteiger partial charge in [-0.15, -0.1) is 0 Å². The zero-order chi connectivity index (χ0) is 11.0. The van der Waals surface area contributed by atoms with Crippen molar-refractivity contribution in [3.05, 3.63) is 22.7 Å². The molecule has 1 saturated carbocycles. The Morgan fingerprint density at radius 3 is 2.69 bits per heavy atom. The van der Waals surface area contributed by atoms with Crippen LogP contribution in [0.25, 0.3) is 0 Å². The molecule has 0 amide bonds. The van der Waals surface area contributed by atoms with Gasteiger partial charge in [0.2, 0.25) is 0 Å². The van der Waals surface area contributed by atoms with Crippen molar-refractivity contribution >= 4 is 27.3 Å². The molecule has 1 aromatic carbocycles. The first-order valence-corrected chi connectivity index (χ1v) is 6.88. The van der Waals surface area contributed by atoms with Crippen molar-refractivity contribution in [1.29, 1.82) is 0 Å². The molecule has 86 valence electrons. The number of hydrogen-bond acceptors (Lipinski definition) is 2. The molecule has 0 atom stereocenters. The van der Waals surface area contributed by atoms with Crippen LogP contribution in [0.1, 0.15) is 32.1 Å². The smallest absolute Gasteiger partial charge is 0.0591 e. The number of hydrogen-bond donors (Lipinski definition) is 2. The number of anilines is 2. The molecule has 1 fully saturated rings. The third kappa shape index (κ3) is 1.81. The monoisotopic (exact) mass is 280 g/mol. The van der Waals surface area contributed by atoms with E-state index in [-0.39, 0.29) is 0 Å². The van der Waals surface area contributed by atoms with Crippen molar-refractivity contribution in [2.75, 3.05) is 17.2 Å². The van der Waals surface area contributed by atoms with Crippen LogP contribution < -0.4 is 10.6 Å². The van der Waals surface area contributed by atoms with Gasteiger partial charge in [0, 0.05) is 16.6 Å². The molecular formula is C13H17BrN2. The van der Waals surface area contributed by atoms with Gasteiger partial charge in [-0.05, 0) is 37.5 Å². The fourth-order valence-corrected chi connectivity index (χ4v) is 3.35. The van der Waals surface area contributed by atoms with Gasteiger partial charge in [0.25, 0.3) is 0 Å². The van der Waals surface area contributed by atoms with Crippen LogP contribution in [0.2, 0.25) is 0 Å². The highest BCUT2D eigenvalue weighted by molar-refractivity contribution is 9.10. The molecule has 0 unspecified atom stereocenters. The molecular weight excluding hydrogens is 264 g/mol. The highest BCUT2D eigenvalue weighted by atomic mass is 79.9. The summed E-state index contributed by atoms with van der Waals surface area (Å²) < 4.78 is 1.15. The van der Waals surface area contributed by atoms with Gasteiger partial charge >= 0.3 is 0 Å². The first-order valence-electron chi connectivity index (χ1n) is 6.09. The number of rotatable bonds is 0. The molecule has 2 nitrogen and oxygen atoms in total. The maximum absolute atomic E-state index is 3.78. The summed E-state index contributed by atoms with van der Waals surface area (Å²) in [5.41, 5.74) is 2.86. The van der Waals surface area contributed by atoms with Crippen molar-refractivity contribution in [2.45, 2.75) is 37.6 Å². The van der Waals surface area contributed by atoms with Crippen LogP contribution in [0.3, 0.4) is 0 Å². The largest absolute Gasteiger partial charge is 0.383 e. The molecule has 2 aliphatic rings. The lowest BCUT2D eigenvalue weighted by molar-refractivity contribution is 0.461. The lowest BCUT2D eigenvalue weighted by Crippen LogP contribution is -2.35. The molecule has 2 N–H and O–H groups in total. The quantitative estimate of drug-likeness (QED) is 0.751. The molecule has 3 heteroatoms. The molecule has 1 aliphatic heterocycles. The average molecular weight is 281 g/mol. The van der Waals surface area contributed by atoms with Crippen molar-refractivity contribution in [3.63, 3.8) is 0 Å². The first kappa shape index (κ1) is 10.5. The summed E-state index contributed by atoms with van der Waals surface area (Å²) in [7, 11) is 0. The topological polar surface area (TPSA) is 24.1 Å². The maximum Gasteiger partial charge on any atom is 0.0591 e. The van der Waals surface area contributed by atoms with Crippen LogP contribution in [0.4, 0.5) is 11.4 Å². The third-order valence-electron chi connectivity index (χ3n) is 3.86. The highest BCUT2D eigenvalue weighted by Gasteiger charge is 2.35. The van der Waals surface area contributed by atoms with Crippen LogP contribution in [-0.4, -0.2) is 12.1 Å². The second-order valence-electron chi connectivity index (χ2n) is 4.98. The van der Waals surface area contributed by atoms with E-state index >= 15 is 0 Å². The van der Waals surface area contributed by atoms with E-state index in [1.807, 2.05) is 0 Å². The van der Waals surface area contributed by atoms with E-state index in [4.69, 9.17) is 0 Å². The number of fused-ring (bicyclic) bond motifs is 1. The van der Waals surface area contributed by atoms with Crippen LogP contribution in [0.15, 0.2) is 22.7 Å². The lowest BCUT2D eigenvalue weighted by Gasteiger charge is -2.29. The summed E-state index contributed by atoms with van der Waals surface area (Å²) in [5, 5.41) is 7.30. The SMILES string of the molecule is Brc1ccc2c(c1)NC1(CCCC1)CCN2. The summed E-state index contributed by atoms with van der Waals surface area (Å²) in [4.78, 5) is 0. The van der Waals surface area contributed by atoms with Gasteiger partial charge in [-0.2, -0.15) is 0 Å². The van der Waals surface area contributed by atoms with Gasteiger partial charge in [-0.25, -0.2) is 0 Å². The molecule has 0 radical (unpaired) electrons. The average Bonchev–Trinajstić information content (AvgIpc) is 2.61. The molecule has 16 heavy (non-hydrogen) atoms. The Balaban J connectivity index is 1.96. The molecule has 1 aliphatic carbocycles. The Bertz CT molecular complexity index is 397. The van der Waals surface area contributed by atoms with Crippen molar-refractivity contribution in [1.82, 2.24) is 0 Å². The van der Waals surface area contributed by atoms with Gasteiger partial charge in [-0.3, -0.25) is 0 Å². The Morgan fingerprint density at radius 1 is 1.06 bits per heavy atom. The molecule has 1 spiro atoms. The highest BCUT2D eigenvalue weighted by Crippen LogP contribution is 2.40. The first-order chi connectivity index (χ1) is 7.77. The Hall–Kier alpha value is -0.700. The Kier molecular flexibility index (Phi) is 2.58. The van der Waals surface area contributed by atoms with E-state index in [0.29, 0.717) is 5.54 Å². The van der Waals surface area contributed by atoms with Gasteiger partial charge in [0.05, 0.1) is 11.4 Å². The van der Waals surface area contributed by atoms with Gasteiger partial charge < -0.3 is 10.6 Å². The predicted molar refractivity (Wildman–Crippen MR) is 72.1 cm³/mol. The normalized spacial score (nSPS) is 22.1. The van der Waals surface area contributed by atoms with Gasteiger partial charge in [0.15, 0.2) is 0 Å². The van der Waals surface area contributed by atoms with E-state index in [9.17, 15) is 0 Å². The van der Waals surface area contributed by atoms with Gasteiger partial charge in [0.1, 0.15) is 0 Å². The maximum atomic E-state index is 3.78. The van der Waals surface area contributed by atoms with E-state index < -0.39 is 0 Å². The van der Waals surface area contributed by atoms with E-state index in [1.54, 1.807) is 0 Å². The molecule has 0 saturated heterocycles. The van der Waals surface area contributed by atoms with Crippen molar-refractivity contribution < 1.29 is 0 Å². The molecule has 1 aromatic rings. The minimum absolute atomic E-state index is 0.360. The van der Waals surface area contributed by atoms with Crippen LogP contribution in [0, 0.1) is 0 Å². The number of benzene rings is 1.